The Morgan fingerprint density at radius 1 is 1.06 bits per heavy atom. The van der Waals surface area contributed by atoms with Gasteiger partial charge in [-0.2, -0.15) is 0 Å². The third-order valence-corrected chi connectivity index (χ3v) is 2.60. The van der Waals surface area contributed by atoms with Crippen LogP contribution in [0.5, 0.6) is 0 Å². The second-order valence-electron chi connectivity index (χ2n) is 6.57. The van der Waals surface area contributed by atoms with Gasteiger partial charge in [-0.15, -0.1) is 0 Å². The van der Waals surface area contributed by atoms with Crippen molar-refractivity contribution in [2.45, 2.75) is 54.9 Å². The molecule has 0 aliphatic carbocycles. The van der Waals surface area contributed by atoms with E-state index in [1.807, 2.05) is 0 Å². The number of carbonyl (C=O) groups excluding carboxylic acids is 1. The molecule has 0 aromatic carbocycles. The molecule has 0 saturated heterocycles. The van der Waals surface area contributed by atoms with E-state index in [4.69, 9.17) is 4.74 Å². The quantitative estimate of drug-likeness (QED) is 0.667. The lowest BCUT2D eigenvalue weighted by Gasteiger charge is -2.30. The number of hydrogen-bond donors (Lipinski definition) is 0. The molecule has 0 rings (SSSR count). The zero-order valence-corrected chi connectivity index (χ0v) is 12.0. The highest BCUT2D eigenvalue weighted by molar-refractivity contribution is 5.73. The van der Waals surface area contributed by atoms with Gasteiger partial charge < -0.3 is 4.74 Å². The minimum Gasteiger partial charge on any atom is -0.465 e. The normalized spacial score (nSPS) is 14.3. The van der Waals surface area contributed by atoms with E-state index in [2.05, 4.69) is 48.5 Å². The van der Waals surface area contributed by atoms with Crippen molar-refractivity contribution in [3.8, 4) is 0 Å². The van der Waals surface area contributed by atoms with Crippen LogP contribution >= 0.6 is 0 Å². The molecule has 0 radical (unpaired) electrons. The van der Waals surface area contributed by atoms with E-state index in [1.165, 1.54) is 0 Å². The molecule has 2 heteroatoms. The molecular formula is C14H28O2. The van der Waals surface area contributed by atoms with Crippen molar-refractivity contribution in [1.82, 2.24) is 0 Å². The summed E-state index contributed by atoms with van der Waals surface area (Å²) < 4.78 is 5.35. The molecule has 0 aromatic rings. The largest absolute Gasteiger partial charge is 0.465 e. The predicted molar refractivity (Wildman–Crippen MR) is 68.2 cm³/mol. The Kier molecular flexibility index (Phi) is 6.06. The molecule has 96 valence electrons. The molecule has 0 saturated carbocycles. The Bertz CT molecular complexity index is 211. The Morgan fingerprint density at radius 3 is 1.88 bits per heavy atom. The second kappa shape index (κ2) is 6.27. The van der Waals surface area contributed by atoms with Gasteiger partial charge in [0.15, 0.2) is 0 Å². The summed E-state index contributed by atoms with van der Waals surface area (Å²) in [5.41, 5.74) is -0.0155. The highest BCUT2D eigenvalue weighted by atomic mass is 16.5. The summed E-state index contributed by atoms with van der Waals surface area (Å²) in [7, 11) is 0. The number of esters is 1. The Balaban J connectivity index is 4.46. The van der Waals surface area contributed by atoms with Crippen LogP contribution in [0.4, 0.5) is 0 Å². The van der Waals surface area contributed by atoms with E-state index in [9.17, 15) is 4.79 Å². The van der Waals surface area contributed by atoms with Crippen molar-refractivity contribution in [3.63, 3.8) is 0 Å². The lowest BCUT2D eigenvalue weighted by Crippen LogP contribution is -2.32. The lowest BCUT2D eigenvalue weighted by atomic mass is 9.76. The summed E-state index contributed by atoms with van der Waals surface area (Å²) >= 11 is 0. The fourth-order valence-electron chi connectivity index (χ4n) is 1.62. The highest BCUT2D eigenvalue weighted by Gasteiger charge is 2.33. The first-order chi connectivity index (χ1) is 7.14. The molecule has 0 aliphatic heterocycles. The zero-order chi connectivity index (χ0) is 12.9. The summed E-state index contributed by atoms with van der Waals surface area (Å²) in [6.07, 6.45) is 0.903. The van der Waals surface area contributed by atoms with Crippen molar-refractivity contribution in [1.29, 1.82) is 0 Å². The molecule has 0 spiro atoms. The van der Waals surface area contributed by atoms with Gasteiger partial charge in [0, 0.05) is 0 Å². The Labute approximate surface area is 101 Å². The van der Waals surface area contributed by atoms with Crippen molar-refractivity contribution in [2.24, 2.45) is 23.2 Å². The van der Waals surface area contributed by atoms with E-state index in [0.29, 0.717) is 18.4 Å². The molecule has 0 aromatic heterocycles. The van der Waals surface area contributed by atoms with Crippen molar-refractivity contribution < 1.29 is 9.53 Å². The van der Waals surface area contributed by atoms with Crippen LogP contribution in [0.2, 0.25) is 0 Å². The first-order valence-corrected chi connectivity index (χ1v) is 6.31. The standard InChI is InChI=1S/C14H28O2/c1-10(2)8-12(14(5,6)7)13(15)16-9-11(3)4/h10-12H,8-9H2,1-7H3. The molecule has 0 N–H and O–H groups in total. The van der Waals surface area contributed by atoms with Crippen molar-refractivity contribution >= 4 is 5.97 Å². The molecule has 1 atom stereocenters. The molecule has 0 aliphatic rings. The van der Waals surface area contributed by atoms with Crippen LogP contribution in [0, 0.1) is 23.2 Å². The number of ether oxygens (including phenoxy) is 1. The molecule has 1 unspecified atom stereocenters. The highest BCUT2D eigenvalue weighted by Crippen LogP contribution is 2.32. The lowest BCUT2D eigenvalue weighted by molar-refractivity contribution is -0.154. The number of hydrogen-bond acceptors (Lipinski definition) is 2. The van der Waals surface area contributed by atoms with Gasteiger partial charge in [-0.25, -0.2) is 0 Å². The fraction of sp³-hybridized carbons (Fsp3) is 0.929. The van der Waals surface area contributed by atoms with Crippen LogP contribution < -0.4 is 0 Å². The van der Waals surface area contributed by atoms with E-state index in [1.54, 1.807) is 0 Å². The minimum atomic E-state index is -0.0325. The van der Waals surface area contributed by atoms with Crippen LogP contribution in [0.15, 0.2) is 0 Å². The topological polar surface area (TPSA) is 26.3 Å². The molecule has 2 nitrogen and oxygen atoms in total. The third-order valence-electron chi connectivity index (χ3n) is 2.60. The Morgan fingerprint density at radius 2 is 1.56 bits per heavy atom. The average Bonchev–Trinajstić information content (AvgIpc) is 2.08. The van der Waals surface area contributed by atoms with Gasteiger partial charge in [0.25, 0.3) is 0 Å². The van der Waals surface area contributed by atoms with Gasteiger partial charge in [0.2, 0.25) is 0 Å². The molecule has 16 heavy (non-hydrogen) atoms. The van der Waals surface area contributed by atoms with Crippen molar-refractivity contribution in [2.75, 3.05) is 6.61 Å². The maximum absolute atomic E-state index is 12.0. The maximum atomic E-state index is 12.0. The smallest absolute Gasteiger partial charge is 0.309 e. The van der Waals surface area contributed by atoms with Crippen LogP contribution in [0.25, 0.3) is 0 Å². The number of carbonyl (C=O) groups is 1. The zero-order valence-electron chi connectivity index (χ0n) is 12.0. The minimum absolute atomic E-state index is 0.00579. The van der Waals surface area contributed by atoms with E-state index >= 15 is 0 Å². The van der Waals surface area contributed by atoms with E-state index in [-0.39, 0.29) is 17.3 Å². The number of rotatable bonds is 5. The predicted octanol–water partition coefficient (Wildman–Crippen LogP) is 3.89. The van der Waals surface area contributed by atoms with Gasteiger partial charge in [0.1, 0.15) is 0 Å². The van der Waals surface area contributed by atoms with Crippen LogP contribution in [0.1, 0.15) is 54.9 Å². The van der Waals surface area contributed by atoms with Crippen molar-refractivity contribution in [3.05, 3.63) is 0 Å². The first kappa shape index (κ1) is 15.5. The van der Waals surface area contributed by atoms with Gasteiger partial charge in [-0.3, -0.25) is 4.79 Å². The maximum Gasteiger partial charge on any atom is 0.309 e. The molecule has 0 amide bonds. The van der Waals surface area contributed by atoms with Gasteiger partial charge in [-0.05, 0) is 23.7 Å². The molecule has 0 bridgehead atoms. The molecule has 0 heterocycles. The third kappa shape index (κ3) is 6.14. The Hall–Kier alpha value is -0.530. The second-order valence-corrected chi connectivity index (χ2v) is 6.57. The summed E-state index contributed by atoms with van der Waals surface area (Å²) in [4.78, 5) is 12.0. The van der Waals surface area contributed by atoms with Crippen LogP contribution in [0.3, 0.4) is 0 Å². The monoisotopic (exact) mass is 228 g/mol. The SMILES string of the molecule is CC(C)COC(=O)C(CC(C)C)C(C)(C)C. The van der Waals surface area contributed by atoms with Crippen LogP contribution in [-0.4, -0.2) is 12.6 Å². The van der Waals surface area contributed by atoms with Crippen LogP contribution in [-0.2, 0) is 9.53 Å². The van der Waals surface area contributed by atoms with Gasteiger partial charge in [0.05, 0.1) is 12.5 Å². The summed E-state index contributed by atoms with van der Waals surface area (Å²) in [6.45, 7) is 15.3. The van der Waals surface area contributed by atoms with E-state index < -0.39 is 0 Å². The first-order valence-electron chi connectivity index (χ1n) is 6.31. The summed E-state index contributed by atoms with van der Waals surface area (Å²) in [5, 5.41) is 0. The molecule has 0 fully saturated rings. The summed E-state index contributed by atoms with van der Waals surface area (Å²) in [6, 6.07) is 0. The van der Waals surface area contributed by atoms with E-state index in [0.717, 1.165) is 6.42 Å². The fourth-order valence-corrected chi connectivity index (χ4v) is 1.62. The van der Waals surface area contributed by atoms with Gasteiger partial charge >= 0.3 is 5.97 Å². The molecular weight excluding hydrogens is 200 g/mol. The summed E-state index contributed by atoms with van der Waals surface area (Å²) in [5.74, 6) is 0.903. The van der Waals surface area contributed by atoms with Gasteiger partial charge in [-0.1, -0.05) is 48.5 Å². The average molecular weight is 228 g/mol.